The van der Waals surface area contributed by atoms with Crippen LogP contribution in [0.1, 0.15) is 29.7 Å². The molecule has 1 aliphatic carbocycles. The highest BCUT2D eigenvalue weighted by atomic mass is 32.2. The monoisotopic (exact) mass is 304 g/mol. The van der Waals surface area contributed by atoms with E-state index in [-0.39, 0.29) is 5.75 Å². The van der Waals surface area contributed by atoms with Crippen LogP contribution in [-0.4, -0.2) is 29.2 Å². The van der Waals surface area contributed by atoms with Crippen molar-refractivity contribution in [2.24, 2.45) is 0 Å². The number of hydrogen-bond acceptors (Lipinski definition) is 6. The molecule has 6 nitrogen and oxygen atoms in total. The number of fused-ring (bicyclic) bond motifs is 1. The lowest BCUT2D eigenvalue weighted by Crippen LogP contribution is -2.38. The summed E-state index contributed by atoms with van der Waals surface area (Å²) in [6.45, 7) is -0.512. The summed E-state index contributed by atoms with van der Waals surface area (Å²) in [6.07, 6.45) is 4.03. The summed E-state index contributed by atoms with van der Waals surface area (Å²) < 4.78 is 0. The molecule has 0 unspecified atom stereocenters. The Kier molecular flexibility index (Phi) is 5.17. The first-order valence-corrected chi connectivity index (χ1v) is 7.61. The van der Waals surface area contributed by atoms with E-state index in [1.165, 1.54) is 0 Å². The largest absolute Gasteiger partial charge is 0.548 e. The Morgan fingerprint density at radius 1 is 1.43 bits per heavy atom. The maximum absolute atomic E-state index is 11.5. The third-order valence-electron chi connectivity index (χ3n) is 3.16. The number of nitriles is 1. The van der Waals surface area contributed by atoms with Crippen molar-refractivity contribution in [3.8, 4) is 6.07 Å². The number of nitrogens with zero attached hydrogens (tertiary/aromatic N) is 2. The number of nitrogens with one attached hydrogen (secondary N) is 1. The number of pyridine rings is 1. The molecule has 0 saturated carbocycles. The smallest absolute Gasteiger partial charge is 0.230 e. The fraction of sp³-hybridized carbons (Fsp3) is 0.429. The molecule has 1 aromatic rings. The van der Waals surface area contributed by atoms with Gasteiger partial charge in [0.05, 0.1) is 23.8 Å². The topological polar surface area (TPSA) is 106 Å². The molecule has 1 heterocycles. The molecule has 1 amide bonds. The Balaban J connectivity index is 2.04. The highest BCUT2D eigenvalue weighted by Crippen LogP contribution is 2.27. The van der Waals surface area contributed by atoms with E-state index < -0.39 is 18.4 Å². The van der Waals surface area contributed by atoms with Crippen LogP contribution in [0.15, 0.2) is 11.1 Å². The van der Waals surface area contributed by atoms with E-state index in [0.717, 1.165) is 48.7 Å². The van der Waals surface area contributed by atoms with E-state index in [9.17, 15) is 20.0 Å². The highest BCUT2D eigenvalue weighted by molar-refractivity contribution is 8.00. The Hall–Kier alpha value is -2.07. The van der Waals surface area contributed by atoms with E-state index >= 15 is 0 Å². The van der Waals surface area contributed by atoms with Crippen molar-refractivity contribution in [1.82, 2.24) is 10.3 Å². The number of aromatic nitrogens is 1. The van der Waals surface area contributed by atoms with E-state index in [1.54, 1.807) is 0 Å². The standard InChI is InChI=1S/C14H15N3O3S/c15-6-10-5-9-3-1-2-4-11(9)17-14(10)21-8-12(18)16-7-13(19)20/h5H,1-4,7-8H2,(H,16,18)(H,19,20)/p-1. The normalized spacial score (nSPS) is 13.1. The molecule has 1 aliphatic rings. The predicted molar refractivity (Wildman–Crippen MR) is 74.3 cm³/mol. The van der Waals surface area contributed by atoms with Gasteiger partial charge in [0.25, 0.3) is 0 Å². The third-order valence-corrected chi connectivity index (χ3v) is 4.15. The van der Waals surface area contributed by atoms with E-state index in [2.05, 4.69) is 16.4 Å². The molecule has 0 bridgehead atoms. The van der Waals surface area contributed by atoms with Gasteiger partial charge in [-0.05, 0) is 37.3 Å². The minimum Gasteiger partial charge on any atom is -0.548 e. The molecular formula is C14H14N3O3S-. The molecule has 0 aromatic carbocycles. The van der Waals surface area contributed by atoms with Gasteiger partial charge < -0.3 is 15.2 Å². The molecule has 21 heavy (non-hydrogen) atoms. The van der Waals surface area contributed by atoms with Crippen molar-refractivity contribution in [3.63, 3.8) is 0 Å². The lowest BCUT2D eigenvalue weighted by atomic mass is 9.95. The summed E-state index contributed by atoms with van der Waals surface area (Å²) in [7, 11) is 0. The van der Waals surface area contributed by atoms with Crippen molar-refractivity contribution in [1.29, 1.82) is 5.26 Å². The second kappa shape index (κ2) is 7.09. The van der Waals surface area contributed by atoms with Gasteiger partial charge in [-0.3, -0.25) is 4.79 Å². The van der Waals surface area contributed by atoms with Crippen molar-refractivity contribution in [2.45, 2.75) is 30.7 Å². The molecule has 2 rings (SSSR count). The minimum absolute atomic E-state index is 0.0216. The van der Waals surface area contributed by atoms with Crippen molar-refractivity contribution >= 4 is 23.6 Å². The zero-order chi connectivity index (χ0) is 15.2. The lowest BCUT2D eigenvalue weighted by Gasteiger charge is -2.16. The number of aliphatic carboxylic acids is 1. The van der Waals surface area contributed by atoms with Crippen LogP contribution in [0.5, 0.6) is 0 Å². The zero-order valence-electron chi connectivity index (χ0n) is 11.3. The lowest BCUT2D eigenvalue weighted by molar-refractivity contribution is -0.303. The van der Waals surface area contributed by atoms with Crippen LogP contribution in [0, 0.1) is 11.3 Å². The summed E-state index contributed by atoms with van der Waals surface area (Å²) in [4.78, 5) is 26.2. The maximum atomic E-state index is 11.5. The van der Waals surface area contributed by atoms with Crippen molar-refractivity contribution in [3.05, 3.63) is 22.9 Å². The Bertz CT molecular complexity index is 610. The highest BCUT2D eigenvalue weighted by Gasteiger charge is 2.16. The molecule has 0 radical (unpaired) electrons. The quantitative estimate of drug-likeness (QED) is 0.755. The molecule has 0 aliphatic heterocycles. The zero-order valence-corrected chi connectivity index (χ0v) is 12.2. The molecule has 0 fully saturated rings. The van der Waals surface area contributed by atoms with Crippen LogP contribution in [0.4, 0.5) is 0 Å². The number of aryl methyl sites for hydroxylation is 2. The summed E-state index contributed by atoms with van der Waals surface area (Å²) in [5.74, 6) is -1.74. The number of carbonyl (C=O) groups excluding carboxylic acids is 2. The number of carboxylic acid groups (broad SMARTS) is 1. The molecule has 0 saturated heterocycles. The van der Waals surface area contributed by atoms with Gasteiger partial charge in [-0.25, -0.2) is 4.98 Å². The van der Waals surface area contributed by atoms with Crippen LogP contribution in [0.2, 0.25) is 0 Å². The number of amides is 1. The molecule has 0 atom stereocenters. The molecule has 0 spiro atoms. The van der Waals surface area contributed by atoms with E-state index in [1.807, 2.05) is 6.07 Å². The molecular weight excluding hydrogens is 290 g/mol. The van der Waals surface area contributed by atoms with Gasteiger partial charge in [-0.15, -0.1) is 0 Å². The van der Waals surface area contributed by atoms with E-state index in [4.69, 9.17) is 0 Å². The van der Waals surface area contributed by atoms with Gasteiger partial charge in [0.1, 0.15) is 11.1 Å². The summed E-state index contributed by atoms with van der Waals surface area (Å²) in [6, 6.07) is 3.95. The maximum Gasteiger partial charge on any atom is 0.230 e. The predicted octanol–water partition coefficient (Wildman–Crippen LogP) is -0.210. The van der Waals surface area contributed by atoms with Crippen molar-refractivity contribution < 1.29 is 14.7 Å². The fourth-order valence-corrected chi connectivity index (χ4v) is 2.97. The second-order valence-electron chi connectivity index (χ2n) is 4.70. The molecule has 1 aromatic heterocycles. The number of carbonyl (C=O) groups is 2. The van der Waals surface area contributed by atoms with Gasteiger partial charge >= 0.3 is 0 Å². The van der Waals surface area contributed by atoms with Gasteiger partial charge in [0, 0.05) is 5.69 Å². The fourth-order valence-electron chi connectivity index (χ4n) is 2.16. The molecule has 110 valence electrons. The molecule has 1 N–H and O–H groups in total. The summed E-state index contributed by atoms with van der Waals surface area (Å²) >= 11 is 1.15. The van der Waals surface area contributed by atoms with Crippen LogP contribution < -0.4 is 10.4 Å². The summed E-state index contributed by atoms with van der Waals surface area (Å²) in [5.41, 5.74) is 2.58. The van der Waals surface area contributed by atoms with Crippen LogP contribution >= 0.6 is 11.8 Å². The average molecular weight is 304 g/mol. The average Bonchev–Trinajstić information content (AvgIpc) is 2.49. The van der Waals surface area contributed by atoms with Gasteiger partial charge in [-0.2, -0.15) is 5.26 Å². The number of rotatable bonds is 5. The number of hydrogen-bond donors (Lipinski definition) is 1. The summed E-state index contributed by atoms with van der Waals surface area (Å²) in [5, 5.41) is 22.2. The minimum atomic E-state index is -1.34. The number of thioether (sulfide) groups is 1. The SMILES string of the molecule is N#Cc1cc2c(nc1SCC(=O)NCC(=O)[O-])CCCC2. The van der Waals surface area contributed by atoms with Crippen LogP contribution in [0.3, 0.4) is 0 Å². The first kappa shape index (κ1) is 15.3. The molecule has 7 heteroatoms. The van der Waals surface area contributed by atoms with E-state index in [0.29, 0.717) is 10.6 Å². The first-order chi connectivity index (χ1) is 10.1. The Morgan fingerprint density at radius 2 is 2.19 bits per heavy atom. The first-order valence-electron chi connectivity index (χ1n) is 6.62. The Labute approximate surface area is 126 Å². The van der Waals surface area contributed by atoms with Gasteiger partial charge in [0.15, 0.2) is 0 Å². The van der Waals surface area contributed by atoms with Crippen molar-refractivity contribution in [2.75, 3.05) is 12.3 Å². The Morgan fingerprint density at radius 3 is 2.90 bits per heavy atom. The van der Waals surface area contributed by atoms with Gasteiger partial charge in [-0.1, -0.05) is 11.8 Å². The second-order valence-corrected chi connectivity index (χ2v) is 5.67. The third kappa shape index (κ3) is 4.20. The van der Waals surface area contributed by atoms with Crippen LogP contribution in [0.25, 0.3) is 0 Å². The van der Waals surface area contributed by atoms with Gasteiger partial charge in [0.2, 0.25) is 5.91 Å². The van der Waals surface area contributed by atoms with Crippen LogP contribution in [-0.2, 0) is 22.4 Å². The number of carboxylic acids is 1.